The fraction of sp³-hybridized carbons (Fsp3) is 0.313. The minimum absolute atomic E-state index is 0.121. The molecule has 0 bridgehead atoms. The van der Waals surface area contributed by atoms with Gasteiger partial charge in [0.15, 0.2) is 17.5 Å². The van der Waals surface area contributed by atoms with E-state index in [0.717, 1.165) is 156 Å². The molecule has 6 aromatic heterocycles. The summed E-state index contributed by atoms with van der Waals surface area (Å²) in [5.74, 6) is 1.82. The second-order valence-corrected chi connectivity index (χ2v) is 27.5. The Morgan fingerprint density at radius 3 is 1.13 bits per heavy atom. The number of ether oxygens (including phenoxy) is 3. The van der Waals surface area contributed by atoms with Crippen LogP contribution in [0.3, 0.4) is 0 Å². The van der Waals surface area contributed by atoms with Gasteiger partial charge in [-0.1, -0.05) is 129 Å². The molecule has 0 unspecified atom stereocenters. The highest BCUT2D eigenvalue weighted by molar-refractivity contribution is 5.87. The molecule has 3 fully saturated rings. The highest BCUT2D eigenvalue weighted by Crippen LogP contribution is 2.38. The van der Waals surface area contributed by atoms with E-state index in [4.69, 9.17) is 29.2 Å². The maximum absolute atomic E-state index is 5.90. The largest absolute Gasteiger partial charge is 0.376 e. The number of pyridine rings is 3. The van der Waals surface area contributed by atoms with Crippen LogP contribution in [0.5, 0.6) is 0 Å². The second-order valence-electron chi connectivity index (χ2n) is 27.5. The van der Waals surface area contributed by atoms with Crippen molar-refractivity contribution in [2.24, 2.45) is 0 Å². The molecule has 3 saturated heterocycles. The molecule has 101 heavy (non-hydrogen) atoms. The van der Waals surface area contributed by atoms with Crippen molar-refractivity contribution in [2.45, 2.75) is 117 Å². The summed E-state index contributed by atoms with van der Waals surface area (Å²) in [4.78, 5) is 49.0. The smallest absolute Gasteiger partial charge is 0.174 e. The van der Waals surface area contributed by atoms with Gasteiger partial charge in [-0.25, -0.2) is 29.9 Å². The first-order valence-corrected chi connectivity index (χ1v) is 35.2. The van der Waals surface area contributed by atoms with Crippen LogP contribution in [-0.4, -0.2) is 121 Å². The number of aromatic nitrogens is 9. The van der Waals surface area contributed by atoms with E-state index in [1.165, 1.54) is 16.7 Å². The summed E-state index contributed by atoms with van der Waals surface area (Å²) in [6, 6.07) is 38.0. The van der Waals surface area contributed by atoms with E-state index in [1.807, 2.05) is 110 Å². The van der Waals surface area contributed by atoms with Gasteiger partial charge in [0, 0.05) is 147 Å². The lowest BCUT2D eigenvalue weighted by molar-refractivity contribution is -0.0277. The highest BCUT2D eigenvalue weighted by atomic mass is 16.5. The van der Waals surface area contributed by atoms with Gasteiger partial charge in [0.05, 0.1) is 107 Å². The molecule has 3 aromatic carbocycles. The lowest BCUT2D eigenvalue weighted by Crippen LogP contribution is -2.48. The monoisotopic (exact) mass is 1350 g/mol. The number of morpholine rings is 3. The lowest BCUT2D eigenvalue weighted by atomic mass is 10.0. The fourth-order valence-electron chi connectivity index (χ4n) is 13.9. The number of rotatable bonds is 18. The number of hydrogen-bond donors (Lipinski definition) is 3. The van der Waals surface area contributed by atoms with E-state index in [2.05, 4.69) is 209 Å². The molecule has 0 saturated carbocycles. The van der Waals surface area contributed by atoms with Crippen LogP contribution in [-0.2, 0) is 33.5 Å². The zero-order chi connectivity index (χ0) is 70.2. The third-order valence-corrected chi connectivity index (χ3v) is 19.2. The van der Waals surface area contributed by atoms with Crippen molar-refractivity contribution in [1.29, 1.82) is 0 Å². The molecular formula is C83H91N15O3. The van der Waals surface area contributed by atoms with Gasteiger partial charge in [-0.15, -0.1) is 0 Å². The second kappa shape index (κ2) is 30.9. The summed E-state index contributed by atoms with van der Waals surface area (Å²) in [7, 11) is 0. The van der Waals surface area contributed by atoms with Crippen molar-refractivity contribution < 1.29 is 14.2 Å². The van der Waals surface area contributed by atoms with E-state index in [1.54, 1.807) is 0 Å². The predicted molar refractivity (Wildman–Crippen MR) is 404 cm³/mol. The number of nitrogens with zero attached hydrogens (tertiary/aromatic N) is 12. The van der Waals surface area contributed by atoms with Crippen LogP contribution in [0, 0.1) is 0 Å². The summed E-state index contributed by atoms with van der Waals surface area (Å²) < 4.78 is 17.5. The SMILES string of the molecule is C=C(N[C@@H](C)c1ccccc1)c1ncc(C2=CCc3ncc(N4CCOC(C)(C)C4)cc32)cn1.C=C(N[C@@H](C)c1ccccc1)c1ncc(C2=CCc3ncc(N4CCO[C@@H](C)C4)cc32)cn1.C=C(N[C@@H](C)c1ccccc1)c1ncc(C2=CCc3ncc(N4C[C@@H](C)O[C@@H](C)C4)cc32)cn1. The average molecular weight is 1350 g/mol. The van der Waals surface area contributed by atoms with Gasteiger partial charge in [0.1, 0.15) is 0 Å². The van der Waals surface area contributed by atoms with Crippen LogP contribution >= 0.6 is 0 Å². The molecule has 0 amide bonds. The first kappa shape index (κ1) is 69.0. The van der Waals surface area contributed by atoms with Gasteiger partial charge in [0.2, 0.25) is 0 Å². The molecule has 3 aliphatic heterocycles. The number of fused-ring (bicyclic) bond motifs is 3. The van der Waals surface area contributed by atoms with Crippen LogP contribution in [0.15, 0.2) is 203 Å². The molecule has 15 rings (SSSR count). The first-order valence-electron chi connectivity index (χ1n) is 35.2. The molecule has 9 heterocycles. The molecule has 3 N–H and O–H groups in total. The standard InChI is InChI=1S/2C28H31N5O.C27H29N5O/c1-18-16-33(17-19(2)34-18)24-12-26-25(10-11-27(26)29-15-24)23-13-30-28(31-14-23)21(4)32-20(3)22-8-6-5-7-9-22;1-19(21-8-6-5-7-9-21)32-20(2)27-30-15-22(16-31-27)24-10-11-26-25(24)14-23(17-29-26)33-12-13-34-28(3,4)18-33;1-18-17-32(11-12-33-18)23-13-25-24(9-10-26(25)28-16-23)22-14-29-27(30-15-22)20(3)31-19(2)21-7-5-4-6-8-21/h5-10,12-15,18-20,32H,4,11,16-17H2,1-3H3;5-10,14-17,19,32H,2,11-13,18H2,1,3-4H3;4-9,13-16,18-19,31H,3,10-12,17H2,1-2H3/t18-,19+,20-;19-;18-,19-/m000/s1. The molecule has 0 spiro atoms. The van der Waals surface area contributed by atoms with Crippen molar-refractivity contribution in [3.63, 3.8) is 0 Å². The number of hydrogen-bond acceptors (Lipinski definition) is 18. The maximum Gasteiger partial charge on any atom is 0.174 e. The number of benzene rings is 3. The Bertz CT molecular complexity index is 4330. The fourth-order valence-corrected chi connectivity index (χ4v) is 13.9. The Morgan fingerprint density at radius 1 is 0.436 bits per heavy atom. The Hall–Kier alpha value is -10.5. The van der Waals surface area contributed by atoms with Gasteiger partial charge >= 0.3 is 0 Å². The normalized spacial score (nSPS) is 18.8. The summed E-state index contributed by atoms with van der Waals surface area (Å²) >= 11 is 0. The van der Waals surface area contributed by atoms with Crippen molar-refractivity contribution in [2.75, 3.05) is 67.2 Å². The Labute approximate surface area is 594 Å². The van der Waals surface area contributed by atoms with Crippen molar-refractivity contribution in [3.8, 4) is 0 Å². The summed E-state index contributed by atoms with van der Waals surface area (Å²) in [5.41, 5.74) is 22.2. The third kappa shape index (κ3) is 16.5. The van der Waals surface area contributed by atoms with Crippen LogP contribution in [0.2, 0.25) is 0 Å². The molecule has 9 aromatic rings. The molecular weight excluding hydrogens is 1260 g/mol. The number of allylic oxidation sites excluding steroid dienone is 3. The number of anilines is 3. The van der Waals surface area contributed by atoms with Crippen LogP contribution in [0.1, 0.15) is 158 Å². The molecule has 6 aliphatic rings. The zero-order valence-corrected chi connectivity index (χ0v) is 59.3. The van der Waals surface area contributed by atoms with E-state index in [0.29, 0.717) is 34.6 Å². The van der Waals surface area contributed by atoms with E-state index >= 15 is 0 Å². The molecule has 18 nitrogen and oxygen atoms in total. The zero-order valence-electron chi connectivity index (χ0n) is 59.3. The van der Waals surface area contributed by atoms with Crippen molar-refractivity contribution >= 4 is 50.9 Å². The van der Waals surface area contributed by atoms with Crippen molar-refractivity contribution in [3.05, 3.63) is 288 Å². The van der Waals surface area contributed by atoms with Gasteiger partial charge in [-0.05, 0) is 107 Å². The molecule has 516 valence electrons. The van der Waals surface area contributed by atoms with Gasteiger partial charge in [-0.2, -0.15) is 0 Å². The van der Waals surface area contributed by atoms with Gasteiger partial charge < -0.3 is 44.9 Å². The maximum atomic E-state index is 5.90. The third-order valence-electron chi connectivity index (χ3n) is 19.2. The Balaban J connectivity index is 0.000000135. The molecule has 0 radical (unpaired) electrons. The topological polar surface area (TPSA) is 190 Å². The minimum atomic E-state index is -0.159. The summed E-state index contributed by atoms with van der Waals surface area (Å²) in [6.45, 7) is 36.1. The molecule has 18 heteroatoms. The van der Waals surface area contributed by atoms with E-state index < -0.39 is 0 Å². The van der Waals surface area contributed by atoms with Crippen LogP contribution < -0.4 is 30.7 Å². The number of nitrogens with one attached hydrogen (secondary N) is 3. The van der Waals surface area contributed by atoms with Crippen LogP contribution in [0.4, 0.5) is 17.1 Å². The Kier molecular flexibility index (Phi) is 21.1. The highest BCUT2D eigenvalue weighted by Gasteiger charge is 2.31. The summed E-state index contributed by atoms with van der Waals surface area (Å²) in [6.07, 6.45) is 27.0. The predicted octanol–water partition coefficient (Wildman–Crippen LogP) is 14.0. The van der Waals surface area contributed by atoms with Gasteiger partial charge in [-0.3, -0.25) is 15.0 Å². The van der Waals surface area contributed by atoms with Crippen LogP contribution in [0.25, 0.3) is 33.8 Å². The summed E-state index contributed by atoms with van der Waals surface area (Å²) in [5, 5.41) is 10.2. The van der Waals surface area contributed by atoms with Crippen molar-refractivity contribution in [1.82, 2.24) is 60.8 Å². The lowest BCUT2D eigenvalue weighted by Gasteiger charge is -2.39. The Morgan fingerprint density at radius 2 is 0.772 bits per heavy atom. The molecule has 3 aliphatic carbocycles. The minimum Gasteiger partial charge on any atom is -0.376 e. The van der Waals surface area contributed by atoms with E-state index in [-0.39, 0.29) is 42.0 Å². The molecule has 6 atom stereocenters. The first-order chi connectivity index (χ1) is 48.9. The van der Waals surface area contributed by atoms with E-state index in [9.17, 15) is 0 Å². The average Bonchev–Trinajstić information content (AvgIpc) is 1.70. The van der Waals surface area contributed by atoms with Gasteiger partial charge in [0.25, 0.3) is 0 Å². The quantitative estimate of drug-likeness (QED) is 0.0735.